The molecule has 0 radical (unpaired) electrons. The van der Waals surface area contributed by atoms with Crippen LogP contribution >= 0.6 is 0 Å². The van der Waals surface area contributed by atoms with E-state index in [1.54, 1.807) is 31.4 Å². The number of H-pyrrole nitrogens is 3. The largest absolute Gasteiger partial charge is 0.497 e. The number of aromatic nitrogens is 4. The van der Waals surface area contributed by atoms with E-state index in [2.05, 4.69) is 15.0 Å². The van der Waals surface area contributed by atoms with Gasteiger partial charge in [-0.15, -0.1) is 0 Å². The zero-order valence-corrected chi connectivity index (χ0v) is 12.0. The molecule has 3 aromatic rings. The average molecular weight is 312 g/mol. The second kappa shape index (κ2) is 5.76. The predicted octanol–water partition coefficient (Wildman–Crippen LogP) is 0.479. The molecule has 8 nitrogen and oxygen atoms in total. The normalized spacial score (nSPS) is 11.2. The van der Waals surface area contributed by atoms with Gasteiger partial charge in [-0.2, -0.15) is 0 Å². The van der Waals surface area contributed by atoms with Gasteiger partial charge in [0.25, 0.3) is 11.1 Å². The van der Waals surface area contributed by atoms with Crippen molar-refractivity contribution in [1.29, 1.82) is 0 Å². The smallest absolute Gasteiger partial charge is 0.327 e. The number of hydrogen-bond acceptors (Lipinski definition) is 5. The van der Waals surface area contributed by atoms with Crippen molar-refractivity contribution in [2.24, 2.45) is 0 Å². The van der Waals surface area contributed by atoms with E-state index in [4.69, 9.17) is 4.74 Å². The van der Waals surface area contributed by atoms with Crippen molar-refractivity contribution < 1.29 is 4.74 Å². The topological polar surface area (TPSA) is 121 Å². The number of methoxy groups -OCH3 is 1. The molecule has 0 aliphatic heterocycles. The Morgan fingerprint density at radius 2 is 1.65 bits per heavy atom. The zero-order valence-electron chi connectivity index (χ0n) is 12.0. The van der Waals surface area contributed by atoms with E-state index >= 15 is 0 Å². The summed E-state index contributed by atoms with van der Waals surface area (Å²) in [5, 5.41) is -0.216. The second-order valence-corrected chi connectivity index (χ2v) is 4.69. The van der Waals surface area contributed by atoms with Crippen molar-refractivity contribution in [1.82, 2.24) is 19.9 Å². The predicted molar refractivity (Wildman–Crippen MR) is 85.5 cm³/mol. The molecule has 116 valence electrons. The van der Waals surface area contributed by atoms with Crippen LogP contribution in [-0.2, 0) is 0 Å². The van der Waals surface area contributed by atoms with E-state index < -0.39 is 16.8 Å². The molecule has 2 heterocycles. The van der Waals surface area contributed by atoms with E-state index in [9.17, 15) is 14.4 Å². The second-order valence-electron chi connectivity index (χ2n) is 4.69. The Kier molecular flexibility index (Phi) is 3.63. The minimum atomic E-state index is -0.775. The third-order valence-electron chi connectivity index (χ3n) is 3.17. The lowest BCUT2D eigenvalue weighted by Gasteiger charge is -2.00. The molecule has 8 heteroatoms. The summed E-state index contributed by atoms with van der Waals surface area (Å²) < 4.78 is 5.07. The van der Waals surface area contributed by atoms with Gasteiger partial charge < -0.3 is 9.72 Å². The van der Waals surface area contributed by atoms with Gasteiger partial charge >= 0.3 is 5.69 Å². The van der Waals surface area contributed by atoms with Crippen molar-refractivity contribution in [2.45, 2.75) is 0 Å². The fourth-order valence-electron chi connectivity index (χ4n) is 2.07. The number of hydrogen-bond donors (Lipinski definition) is 3. The van der Waals surface area contributed by atoms with Gasteiger partial charge in [-0.25, -0.2) is 9.78 Å². The molecule has 0 aliphatic carbocycles. The number of aromatic amines is 3. The van der Waals surface area contributed by atoms with Crippen LogP contribution in [0.2, 0.25) is 0 Å². The average Bonchev–Trinajstić information content (AvgIpc) is 2.52. The molecule has 0 atom stereocenters. The van der Waals surface area contributed by atoms with Gasteiger partial charge in [0.05, 0.1) is 7.11 Å². The quantitative estimate of drug-likeness (QED) is 0.649. The fourth-order valence-corrected chi connectivity index (χ4v) is 2.07. The number of rotatable bonds is 3. The van der Waals surface area contributed by atoms with Gasteiger partial charge in [0.15, 0.2) is 5.65 Å². The van der Waals surface area contributed by atoms with Crippen molar-refractivity contribution in [3.63, 3.8) is 0 Å². The van der Waals surface area contributed by atoms with Gasteiger partial charge in [-0.3, -0.25) is 19.6 Å². The molecule has 0 fully saturated rings. The van der Waals surface area contributed by atoms with Crippen LogP contribution in [0.15, 0.2) is 38.6 Å². The highest BCUT2D eigenvalue weighted by molar-refractivity contribution is 5.74. The summed E-state index contributed by atoms with van der Waals surface area (Å²) in [5.41, 5.74) is -1.31. The molecule has 0 aliphatic rings. The Morgan fingerprint density at radius 3 is 2.35 bits per heavy atom. The number of fused-ring (bicyclic) bond motifs is 1. The highest BCUT2D eigenvalue weighted by Crippen LogP contribution is 2.13. The maximum absolute atomic E-state index is 11.9. The van der Waals surface area contributed by atoms with Crippen molar-refractivity contribution >= 4 is 23.2 Å². The van der Waals surface area contributed by atoms with Gasteiger partial charge in [0.1, 0.15) is 17.0 Å². The van der Waals surface area contributed by atoms with Crippen LogP contribution < -0.4 is 21.5 Å². The lowest BCUT2D eigenvalue weighted by molar-refractivity contribution is 0.415. The Bertz CT molecular complexity index is 1060. The summed E-state index contributed by atoms with van der Waals surface area (Å²) in [4.78, 5) is 45.7. The number of nitrogens with one attached hydrogen (secondary N) is 3. The van der Waals surface area contributed by atoms with Crippen molar-refractivity contribution in [2.75, 3.05) is 7.11 Å². The van der Waals surface area contributed by atoms with Crippen LogP contribution in [0.4, 0.5) is 0 Å². The molecule has 0 saturated heterocycles. The van der Waals surface area contributed by atoms with Crippen LogP contribution in [0.1, 0.15) is 11.4 Å². The number of ether oxygens (including phenoxy) is 1. The molecule has 23 heavy (non-hydrogen) atoms. The lowest BCUT2D eigenvalue weighted by atomic mass is 10.2. The number of benzene rings is 1. The Hall–Kier alpha value is -3.42. The third kappa shape index (κ3) is 2.95. The van der Waals surface area contributed by atoms with E-state index in [0.29, 0.717) is 0 Å². The molecular weight excluding hydrogens is 300 g/mol. The van der Waals surface area contributed by atoms with E-state index in [1.807, 2.05) is 17.1 Å². The van der Waals surface area contributed by atoms with Gasteiger partial charge in [0.2, 0.25) is 0 Å². The van der Waals surface area contributed by atoms with Gasteiger partial charge in [0, 0.05) is 0 Å². The summed E-state index contributed by atoms with van der Waals surface area (Å²) in [5.74, 6) is 0.954. The van der Waals surface area contributed by atoms with Crippen molar-refractivity contribution in [3.05, 3.63) is 66.8 Å². The molecule has 2 aromatic heterocycles. The van der Waals surface area contributed by atoms with Crippen molar-refractivity contribution in [3.8, 4) is 5.75 Å². The first-order valence-electron chi connectivity index (χ1n) is 6.65. The Labute approximate surface area is 128 Å². The first-order valence-corrected chi connectivity index (χ1v) is 6.65. The molecular formula is C15H12N4O4. The van der Waals surface area contributed by atoms with E-state index in [-0.39, 0.29) is 16.9 Å². The Balaban J connectivity index is 2.03. The maximum atomic E-state index is 11.9. The molecule has 0 amide bonds. The third-order valence-corrected chi connectivity index (χ3v) is 3.17. The summed E-state index contributed by atoms with van der Waals surface area (Å²) in [7, 11) is 1.58. The lowest BCUT2D eigenvalue weighted by Crippen LogP contribution is -2.28. The summed E-state index contributed by atoms with van der Waals surface area (Å²) >= 11 is 0. The van der Waals surface area contributed by atoms with E-state index in [1.165, 1.54) is 0 Å². The van der Waals surface area contributed by atoms with Crippen LogP contribution in [0.5, 0.6) is 5.75 Å². The molecule has 0 unspecified atom stereocenters. The summed E-state index contributed by atoms with van der Waals surface area (Å²) in [6.07, 6.45) is 3.30. The molecule has 0 bridgehead atoms. The highest BCUT2D eigenvalue weighted by Gasteiger charge is 2.07. The van der Waals surface area contributed by atoms with Crippen LogP contribution in [-0.4, -0.2) is 27.0 Å². The van der Waals surface area contributed by atoms with Crippen LogP contribution in [0.3, 0.4) is 0 Å². The van der Waals surface area contributed by atoms with Crippen LogP contribution in [0, 0.1) is 0 Å². The minimum Gasteiger partial charge on any atom is -0.497 e. The standard InChI is InChI=1S/C15H12N4O4/c1-23-9-5-2-8(3-6-9)4-7-10-16-12-11(13(20)17-10)14(21)19-15(22)18-12/h2-7H,1H3,(H3,16,17,18,19,20,21,22). The molecule has 0 spiro atoms. The first-order chi connectivity index (χ1) is 11.1. The molecule has 3 N–H and O–H groups in total. The van der Waals surface area contributed by atoms with Gasteiger partial charge in [-0.1, -0.05) is 18.2 Å². The summed E-state index contributed by atoms with van der Waals surface area (Å²) in [6, 6.07) is 7.27. The number of nitrogens with zero attached hydrogens (tertiary/aromatic N) is 1. The summed E-state index contributed by atoms with van der Waals surface area (Å²) in [6.45, 7) is 0. The van der Waals surface area contributed by atoms with Crippen LogP contribution in [0.25, 0.3) is 23.2 Å². The minimum absolute atomic E-state index is 0.0584. The van der Waals surface area contributed by atoms with E-state index in [0.717, 1.165) is 11.3 Å². The Morgan fingerprint density at radius 1 is 0.957 bits per heavy atom. The molecule has 3 rings (SSSR count). The SMILES string of the molecule is COc1ccc(C=Cc2nc3[nH]c(=O)[nH]c(=O)c3c(=O)[nH]2)cc1. The zero-order chi connectivity index (χ0) is 16.4. The maximum Gasteiger partial charge on any atom is 0.327 e. The highest BCUT2D eigenvalue weighted by atomic mass is 16.5. The monoisotopic (exact) mass is 312 g/mol. The van der Waals surface area contributed by atoms with Gasteiger partial charge in [-0.05, 0) is 23.8 Å². The first kappa shape index (κ1) is 14.5. The fraction of sp³-hybridized carbons (Fsp3) is 0.0667. The molecule has 1 aromatic carbocycles. The molecule has 0 saturated carbocycles.